The molecule has 1 saturated carbocycles. The Morgan fingerprint density at radius 3 is 2.74 bits per heavy atom. The van der Waals surface area contributed by atoms with Crippen LogP contribution >= 0.6 is 0 Å². The highest BCUT2D eigenvalue weighted by Crippen LogP contribution is 2.46. The van der Waals surface area contributed by atoms with Gasteiger partial charge in [0.05, 0.1) is 22.4 Å². The standard InChI is InChI=1S/C20H26N8O3/c1-13-16(11-31-18(13)29)28-9-8-20(19(28)30)6-4-14(5-7-20)22-10-15-2-3-17(26-25-15)23-12-24-27-21/h2-3,12,14,22H,4-11H2,1H3,(H2,21,23,24,26)/t14-,20-. The smallest absolute Gasteiger partial charge is 0.336 e. The second-order valence-electron chi connectivity index (χ2n) is 8.19. The summed E-state index contributed by atoms with van der Waals surface area (Å²) in [5.41, 5.74) is 8.40. The minimum Gasteiger partial charge on any atom is -0.456 e. The summed E-state index contributed by atoms with van der Waals surface area (Å²) in [5.74, 6) is 0.356. The lowest BCUT2D eigenvalue weighted by Crippen LogP contribution is -2.42. The van der Waals surface area contributed by atoms with Gasteiger partial charge in [0.25, 0.3) is 0 Å². The molecule has 1 saturated heterocycles. The minimum atomic E-state index is -0.319. The summed E-state index contributed by atoms with van der Waals surface area (Å²) >= 11 is 0. The molecule has 1 aromatic rings. The quantitative estimate of drug-likeness (QED) is 0.199. The lowest BCUT2D eigenvalue weighted by Gasteiger charge is -2.36. The van der Waals surface area contributed by atoms with Gasteiger partial charge >= 0.3 is 5.97 Å². The number of carbonyl (C=O) groups is 2. The van der Waals surface area contributed by atoms with Crippen LogP contribution in [-0.2, 0) is 20.9 Å². The molecule has 11 heteroatoms. The molecule has 164 valence electrons. The van der Waals surface area contributed by atoms with Gasteiger partial charge in [-0.15, -0.1) is 10.2 Å². The highest BCUT2D eigenvalue weighted by Gasteiger charge is 2.50. The fourth-order valence-corrected chi connectivity index (χ4v) is 4.57. The first-order valence-electron chi connectivity index (χ1n) is 10.4. The Balaban J connectivity index is 1.27. The number of esters is 1. The Morgan fingerprint density at radius 2 is 2.10 bits per heavy atom. The molecule has 3 heterocycles. The average molecular weight is 426 g/mol. The monoisotopic (exact) mass is 426 g/mol. The Kier molecular flexibility index (Phi) is 6.03. The molecule has 2 aliphatic heterocycles. The summed E-state index contributed by atoms with van der Waals surface area (Å²) in [6, 6.07) is 3.99. The number of amides is 1. The van der Waals surface area contributed by atoms with E-state index in [0.717, 1.165) is 43.5 Å². The van der Waals surface area contributed by atoms with Crippen molar-refractivity contribution in [1.29, 1.82) is 5.53 Å². The average Bonchev–Trinajstić information content (AvgIpc) is 3.28. The van der Waals surface area contributed by atoms with Crippen LogP contribution in [0.3, 0.4) is 0 Å². The molecule has 11 nitrogen and oxygen atoms in total. The fourth-order valence-electron chi connectivity index (χ4n) is 4.57. The maximum Gasteiger partial charge on any atom is 0.336 e. The Hall–Kier alpha value is -3.21. The van der Waals surface area contributed by atoms with E-state index in [9.17, 15) is 9.59 Å². The maximum atomic E-state index is 13.2. The molecule has 1 spiro atoms. The molecule has 0 aromatic carbocycles. The highest BCUT2D eigenvalue weighted by molar-refractivity contribution is 5.94. The molecule has 0 radical (unpaired) electrons. The van der Waals surface area contributed by atoms with Crippen LogP contribution < -0.4 is 10.6 Å². The largest absolute Gasteiger partial charge is 0.456 e. The van der Waals surface area contributed by atoms with Crippen molar-refractivity contribution in [3.05, 3.63) is 29.1 Å². The molecule has 1 amide bonds. The number of aromatic nitrogens is 2. The number of cyclic esters (lactones) is 1. The third-order valence-corrected chi connectivity index (χ3v) is 6.48. The molecule has 4 rings (SSSR count). The van der Waals surface area contributed by atoms with Crippen LogP contribution in [0.4, 0.5) is 5.82 Å². The number of rotatable bonds is 7. The first-order chi connectivity index (χ1) is 15.0. The van der Waals surface area contributed by atoms with Crippen LogP contribution in [0.1, 0.15) is 44.7 Å². The maximum absolute atomic E-state index is 13.2. The van der Waals surface area contributed by atoms with Crippen molar-refractivity contribution >= 4 is 24.0 Å². The molecular weight excluding hydrogens is 400 g/mol. The van der Waals surface area contributed by atoms with Gasteiger partial charge in [0, 0.05) is 19.1 Å². The van der Waals surface area contributed by atoms with E-state index in [2.05, 4.69) is 31.2 Å². The molecule has 0 bridgehead atoms. The predicted molar refractivity (Wildman–Crippen MR) is 111 cm³/mol. The minimum absolute atomic E-state index is 0.148. The molecule has 3 aliphatic rings. The Bertz CT molecular complexity index is 919. The molecule has 0 unspecified atom stereocenters. The van der Waals surface area contributed by atoms with Crippen molar-refractivity contribution in [3.8, 4) is 0 Å². The molecule has 31 heavy (non-hydrogen) atoms. The number of hydrogen-bond donors (Lipinski definition) is 3. The Labute approximate surface area is 179 Å². The van der Waals surface area contributed by atoms with Crippen molar-refractivity contribution in [2.75, 3.05) is 18.5 Å². The fraction of sp³-hybridized carbons (Fsp3) is 0.550. The molecule has 0 atom stereocenters. The highest BCUT2D eigenvalue weighted by atomic mass is 16.5. The van der Waals surface area contributed by atoms with Crippen LogP contribution in [0.2, 0.25) is 0 Å². The Morgan fingerprint density at radius 1 is 1.29 bits per heavy atom. The van der Waals surface area contributed by atoms with Crippen LogP contribution in [0.15, 0.2) is 33.7 Å². The zero-order valence-corrected chi connectivity index (χ0v) is 17.4. The summed E-state index contributed by atoms with van der Waals surface area (Å²) in [6.07, 6.45) is 5.64. The number of ether oxygens (including phenoxy) is 1. The van der Waals surface area contributed by atoms with E-state index < -0.39 is 0 Å². The third-order valence-electron chi connectivity index (χ3n) is 6.48. The van der Waals surface area contributed by atoms with E-state index in [1.54, 1.807) is 17.9 Å². The van der Waals surface area contributed by atoms with Gasteiger partial charge in [-0.3, -0.25) is 4.79 Å². The van der Waals surface area contributed by atoms with Crippen LogP contribution in [0.5, 0.6) is 0 Å². The number of carbonyl (C=O) groups excluding carboxylic acids is 2. The second kappa shape index (κ2) is 8.88. The van der Waals surface area contributed by atoms with Gasteiger partial charge in [0.1, 0.15) is 12.9 Å². The van der Waals surface area contributed by atoms with E-state index in [4.69, 9.17) is 10.3 Å². The van der Waals surface area contributed by atoms with Gasteiger partial charge in [0.15, 0.2) is 5.82 Å². The zero-order valence-electron chi connectivity index (χ0n) is 17.4. The normalized spacial score (nSPS) is 26.2. The van der Waals surface area contributed by atoms with Gasteiger partial charge in [-0.2, -0.15) is 10.6 Å². The number of nitrogens with one attached hydrogen (secondary N) is 3. The van der Waals surface area contributed by atoms with E-state index in [0.29, 0.717) is 30.5 Å². The number of hydrogen-bond acceptors (Lipinski definition) is 8. The first kappa shape index (κ1) is 21.0. The molecule has 1 aliphatic carbocycles. The van der Waals surface area contributed by atoms with E-state index in [-0.39, 0.29) is 23.9 Å². The van der Waals surface area contributed by atoms with E-state index >= 15 is 0 Å². The topological polar surface area (TPSA) is 145 Å². The SMILES string of the molecule is CC1=C(N2CC[C@]3(CC[C@@H](NCc4ccc(N/C=N\N=N)nn4)CC3)C2=O)COC1=O. The van der Waals surface area contributed by atoms with Gasteiger partial charge in [-0.05, 0) is 51.2 Å². The second-order valence-corrected chi connectivity index (χ2v) is 8.19. The van der Waals surface area contributed by atoms with Crippen molar-refractivity contribution < 1.29 is 14.3 Å². The molecular formula is C20H26N8O3. The summed E-state index contributed by atoms with van der Waals surface area (Å²) in [5, 5.41) is 20.8. The van der Waals surface area contributed by atoms with Gasteiger partial charge < -0.3 is 20.3 Å². The van der Waals surface area contributed by atoms with Gasteiger partial charge in [-0.1, -0.05) is 5.22 Å². The van der Waals surface area contributed by atoms with Crippen LogP contribution in [-0.4, -0.2) is 52.5 Å². The summed E-state index contributed by atoms with van der Waals surface area (Å²) in [6.45, 7) is 3.21. The summed E-state index contributed by atoms with van der Waals surface area (Å²) < 4.78 is 5.09. The molecule has 2 fully saturated rings. The van der Waals surface area contributed by atoms with Gasteiger partial charge in [0.2, 0.25) is 5.91 Å². The predicted octanol–water partition coefficient (Wildman–Crippen LogP) is 1.94. The van der Waals surface area contributed by atoms with Crippen molar-refractivity contribution in [1.82, 2.24) is 20.4 Å². The lowest BCUT2D eigenvalue weighted by molar-refractivity contribution is -0.138. The lowest BCUT2D eigenvalue weighted by atomic mass is 9.71. The first-order valence-corrected chi connectivity index (χ1v) is 10.4. The van der Waals surface area contributed by atoms with Crippen molar-refractivity contribution in [2.45, 2.75) is 51.6 Å². The number of anilines is 1. The van der Waals surface area contributed by atoms with Crippen LogP contribution in [0.25, 0.3) is 0 Å². The van der Waals surface area contributed by atoms with Crippen molar-refractivity contribution in [3.63, 3.8) is 0 Å². The summed E-state index contributed by atoms with van der Waals surface area (Å²) in [4.78, 5) is 26.6. The molecule has 1 aromatic heterocycles. The molecule has 3 N–H and O–H groups in total. The van der Waals surface area contributed by atoms with Crippen LogP contribution in [0, 0.1) is 10.9 Å². The van der Waals surface area contributed by atoms with Crippen molar-refractivity contribution in [2.24, 2.45) is 15.7 Å². The van der Waals surface area contributed by atoms with E-state index in [1.807, 2.05) is 6.07 Å². The van der Waals surface area contributed by atoms with Gasteiger partial charge in [-0.25, -0.2) is 4.79 Å². The number of nitrogens with zero attached hydrogens (tertiary/aromatic N) is 5. The number of likely N-dealkylation sites (tertiary alicyclic amines) is 1. The zero-order chi connectivity index (χ0) is 21.8. The summed E-state index contributed by atoms with van der Waals surface area (Å²) in [7, 11) is 0. The third kappa shape index (κ3) is 4.31. The van der Waals surface area contributed by atoms with E-state index in [1.165, 1.54) is 6.34 Å².